The standard InChI is InChI=1S/C17H11Cl2N3OS/c18-12-7-6-11(13(19)9-12)8-14-16(23)22-17(24-14)20-15(21-22)10-4-2-1-3-5-10/h1-9,17H,(H,20,21)/b14-8-. The molecule has 1 fully saturated rings. The van der Waals surface area contributed by atoms with Crippen LogP contribution in [-0.2, 0) is 4.79 Å². The van der Waals surface area contributed by atoms with Crippen LogP contribution in [0.5, 0.6) is 0 Å². The monoisotopic (exact) mass is 375 g/mol. The van der Waals surface area contributed by atoms with Gasteiger partial charge in [0.1, 0.15) is 5.84 Å². The molecule has 7 heteroatoms. The molecule has 120 valence electrons. The maximum atomic E-state index is 12.6. The fourth-order valence-corrected chi connectivity index (χ4v) is 3.97. The van der Waals surface area contributed by atoms with E-state index < -0.39 is 0 Å². The summed E-state index contributed by atoms with van der Waals surface area (Å²) in [5.41, 5.74) is 4.48. The van der Waals surface area contributed by atoms with E-state index in [-0.39, 0.29) is 11.4 Å². The van der Waals surface area contributed by atoms with Gasteiger partial charge in [-0.1, -0.05) is 71.4 Å². The zero-order chi connectivity index (χ0) is 16.7. The lowest BCUT2D eigenvalue weighted by molar-refractivity contribution is -0.127. The number of aliphatic imine (C=N–C) groups is 1. The summed E-state index contributed by atoms with van der Waals surface area (Å²) < 4.78 is 0. The van der Waals surface area contributed by atoms with Gasteiger partial charge in [0.15, 0.2) is 5.50 Å². The summed E-state index contributed by atoms with van der Waals surface area (Å²) in [5, 5.41) is 2.60. The highest BCUT2D eigenvalue weighted by molar-refractivity contribution is 8.05. The molecule has 2 aliphatic heterocycles. The van der Waals surface area contributed by atoms with Crippen LogP contribution < -0.4 is 5.43 Å². The van der Waals surface area contributed by atoms with Gasteiger partial charge in [0.2, 0.25) is 0 Å². The van der Waals surface area contributed by atoms with Crippen LogP contribution in [-0.4, -0.2) is 22.2 Å². The highest BCUT2D eigenvalue weighted by Gasteiger charge is 2.41. The van der Waals surface area contributed by atoms with Crippen LogP contribution >= 0.6 is 35.0 Å². The first-order valence-corrected chi connectivity index (χ1v) is 8.82. The maximum absolute atomic E-state index is 12.6. The number of rotatable bonds is 2. The third-order valence-corrected chi connectivity index (χ3v) is 5.28. The van der Waals surface area contributed by atoms with Crippen molar-refractivity contribution in [2.24, 2.45) is 4.99 Å². The number of thioether (sulfide) groups is 1. The largest absolute Gasteiger partial charge is 0.281 e. The first kappa shape index (κ1) is 15.6. The Morgan fingerprint density at radius 3 is 2.67 bits per heavy atom. The number of halogens is 2. The molecule has 1 atom stereocenters. The predicted octanol–water partition coefficient (Wildman–Crippen LogP) is 4.16. The minimum Gasteiger partial charge on any atom is -0.276 e. The molecule has 2 aromatic carbocycles. The molecule has 1 unspecified atom stereocenters. The van der Waals surface area contributed by atoms with Crippen LogP contribution in [0, 0.1) is 0 Å². The van der Waals surface area contributed by atoms with Crippen molar-refractivity contribution in [1.82, 2.24) is 10.4 Å². The molecule has 0 aliphatic carbocycles. The molecule has 1 amide bonds. The van der Waals surface area contributed by atoms with E-state index in [9.17, 15) is 4.79 Å². The average Bonchev–Trinajstić information content (AvgIpc) is 3.11. The van der Waals surface area contributed by atoms with E-state index >= 15 is 0 Å². The summed E-state index contributed by atoms with van der Waals surface area (Å²) in [6.07, 6.45) is 1.77. The van der Waals surface area contributed by atoms with Crippen LogP contribution in [0.4, 0.5) is 0 Å². The Bertz CT molecular complexity index is 883. The number of nitrogens with one attached hydrogen (secondary N) is 1. The number of fused-ring (bicyclic) bond motifs is 1. The van der Waals surface area contributed by atoms with Gasteiger partial charge in [-0.25, -0.2) is 10.0 Å². The number of hydrazine groups is 1. The molecule has 2 heterocycles. The van der Waals surface area contributed by atoms with E-state index in [0.29, 0.717) is 20.8 Å². The molecular formula is C17H11Cl2N3OS. The normalized spacial score (nSPS) is 21.0. The first-order valence-electron chi connectivity index (χ1n) is 7.19. The van der Waals surface area contributed by atoms with Crippen LogP contribution in [0.2, 0.25) is 10.0 Å². The summed E-state index contributed by atoms with van der Waals surface area (Å²) >= 11 is 13.5. The van der Waals surface area contributed by atoms with Gasteiger partial charge in [-0.15, -0.1) is 0 Å². The number of hydrogen-bond acceptors (Lipinski definition) is 4. The van der Waals surface area contributed by atoms with E-state index in [1.165, 1.54) is 16.8 Å². The Morgan fingerprint density at radius 1 is 1.17 bits per heavy atom. The highest BCUT2D eigenvalue weighted by Crippen LogP contribution is 2.39. The summed E-state index contributed by atoms with van der Waals surface area (Å²) in [6, 6.07) is 14.9. The number of amides is 1. The molecule has 0 bridgehead atoms. The van der Waals surface area contributed by atoms with Gasteiger partial charge in [-0.2, -0.15) is 0 Å². The van der Waals surface area contributed by atoms with E-state index in [0.717, 1.165) is 11.1 Å². The van der Waals surface area contributed by atoms with Crippen molar-refractivity contribution in [3.05, 3.63) is 74.6 Å². The van der Waals surface area contributed by atoms with Crippen LogP contribution in [0.3, 0.4) is 0 Å². The Kier molecular flexibility index (Phi) is 4.00. The van der Waals surface area contributed by atoms with E-state index in [4.69, 9.17) is 23.2 Å². The van der Waals surface area contributed by atoms with Gasteiger partial charge in [-0.3, -0.25) is 10.2 Å². The molecular weight excluding hydrogens is 365 g/mol. The Balaban J connectivity index is 1.60. The Morgan fingerprint density at radius 2 is 1.96 bits per heavy atom. The number of carbonyl (C=O) groups excluding carboxylic acids is 1. The van der Waals surface area contributed by atoms with Gasteiger partial charge in [0.25, 0.3) is 5.91 Å². The topological polar surface area (TPSA) is 44.7 Å². The third kappa shape index (κ3) is 2.79. The fraction of sp³-hybridized carbons (Fsp3) is 0.0588. The minimum absolute atomic E-state index is 0.120. The molecule has 2 aliphatic rings. The third-order valence-electron chi connectivity index (χ3n) is 3.65. The molecule has 1 N–H and O–H groups in total. The summed E-state index contributed by atoms with van der Waals surface area (Å²) in [4.78, 5) is 17.7. The van der Waals surface area contributed by atoms with Crippen LogP contribution in [0.1, 0.15) is 11.1 Å². The SMILES string of the molecule is O=C1/C(=C/c2ccc(Cl)cc2Cl)SC2N=C(c3ccccc3)NN12. The Labute approximate surface area is 153 Å². The lowest BCUT2D eigenvalue weighted by Crippen LogP contribution is -2.40. The minimum atomic E-state index is -0.301. The fourth-order valence-electron chi connectivity index (χ4n) is 2.47. The van der Waals surface area contributed by atoms with Crippen molar-refractivity contribution in [2.75, 3.05) is 0 Å². The number of hydrogen-bond donors (Lipinski definition) is 1. The van der Waals surface area contributed by atoms with Gasteiger partial charge in [0, 0.05) is 15.6 Å². The summed E-state index contributed by atoms with van der Waals surface area (Å²) in [5.74, 6) is 0.579. The number of carbonyl (C=O) groups is 1. The highest BCUT2D eigenvalue weighted by atomic mass is 35.5. The van der Waals surface area contributed by atoms with Crippen LogP contribution in [0.15, 0.2) is 58.4 Å². The Hall–Kier alpha value is -1.95. The molecule has 1 saturated heterocycles. The quantitative estimate of drug-likeness (QED) is 0.801. The second-order valence-corrected chi connectivity index (χ2v) is 7.19. The van der Waals surface area contributed by atoms with E-state index in [2.05, 4.69) is 10.4 Å². The van der Waals surface area contributed by atoms with Crippen molar-refractivity contribution in [3.8, 4) is 0 Å². The van der Waals surface area contributed by atoms with Crippen molar-refractivity contribution in [1.29, 1.82) is 0 Å². The van der Waals surface area contributed by atoms with Crippen molar-refractivity contribution in [2.45, 2.75) is 5.50 Å². The van der Waals surface area contributed by atoms with E-state index in [1.807, 2.05) is 30.3 Å². The zero-order valence-corrected chi connectivity index (χ0v) is 14.6. The molecule has 2 aromatic rings. The first-order chi connectivity index (χ1) is 11.6. The summed E-state index contributed by atoms with van der Waals surface area (Å²) in [6.45, 7) is 0. The smallest absolute Gasteiger partial charge is 0.276 e. The van der Waals surface area contributed by atoms with Gasteiger partial charge >= 0.3 is 0 Å². The second-order valence-electron chi connectivity index (χ2n) is 5.25. The van der Waals surface area contributed by atoms with E-state index in [1.54, 1.807) is 24.3 Å². The van der Waals surface area contributed by atoms with Crippen molar-refractivity contribution >= 4 is 52.8 Å². The maximum Gasteiger partial charge on any atom is 0.281 e. The van der Waals surface area contributed by atoms with Crippen molar-refractivity contribution < 1.29 is 4.79 Å². The molecule has 0 aromatic heterocycles. The molecule has 0 radical (unpaired) electrons. The van der Waals surface area contributed by atoms with Gasteiger partial charge < -0.3 is 0 Å². The summed E-state index contributed by atoms with van der Waals surface area (Å²) in [7, 11) is 0. The average molecular weight is 376 g/mol. The van der Waals surface area contributed by atoms with Crippen LogP contribution in [0.25, 0.3) is 6.08 Å². The van der Waals surface area contributed by atoms with Crippen molar-refractivity contribution in [3.63, 3.8) is 0 Å². The lowest BCUT2D eigenvalue weighted by Gasteiger charge is -2.13. The number of nitrogens with zero attached hydrogens (tertiary/aromatic N) is 2. The van der Waals surface area contributed by atoms with Gasteiger partial charge in [-0.05, 0) is 23.8 Å². The second kappa shape index (κ2) is 6.16. The predicted molar refractivity (Wildman–Crippen MR) is 98.8 cm³/mol. The number of amidine groups is 1. The van der Waals surface area contributed by atoms with Gasteiger partial charge in [0.05, 0.1) is 4.91 Å². The lowest BCUT2D eigenvalue weighted by atomic mass is 10.2. The zero-order valence-electron chi connectivity index (χ0n) is 12.2. The molecule has 4 nitrogen and oxygen atoms in total. The molecule has 0 saturated carbocycles. The molecule has 0 spiro atoms. The molecule has 24 heavy (non-hydrogen) atoms. The number of benzene rings is 2. The molecule has 4 rings (SSSR count).